The van der Waals surface area contributed by atoms with Gasteiger partial charge in [0.15, 0.2) is 0 Å². The summed E-state index contributed by atoms with van der Waals surface area (Å²) in [5.41, 5.74) is 11.5. The number of hydrogen-bond acceptors (Lipinski definition) is 5. The van der Waals surface area contributed by atoms with E-state index in [0.29, 0.717) is 16.3 Å². The lowest BCUT2D eigenvalue weighted by Crippen LogP contribution is -2.34. The van der Waals surface area contributed by atoms with Crippen molar-refractivity contribution in [2.45, 2.75) is 10.9 Å². The Morgan fingerprint density at radius 1 is 1.55 bits per heavy atom. The number of methoxy groups -OCH3 is 1. The van der Waals surface area contributed by atoms with Gasteiger partial charge in [0.1, 0.15) is 11.8 Å². The van der Waals surface area contributed by atoms with Gasteiger partial charge in [-0.05, 0) is 12.1 Å². The molecule has 2 heterocycles. The smallest absolute Gasteiger partial charge is 0.321 e. The Balaban J connectivity index is 2.45. The fourth-order valence-electron chi connectivity index (χ4n) is 1.99. The van der Waals surface area contributed by atoms with E-state index in [9.17, 15) is 9.59 Å². The van der Waals surface area contributed by atoms with Gasteiger partial charge >= 0.3 is 5.97 Å². The number of aliphatic carboxylic acids is 1. The normalized spacial score (nSPS) is 19.9. The zero-order chi connectivity index (χ0) is 14.9. The van der Waals surface area contributed by atoms with Crippen molar-refractivity contribution in [3.63, 3.8) is 0 Å². The summed E-state index contributed by atoms with van der Waals surface area (Å²) >= 11 is 0. The van der Waals surface area contributed by atoms with Crippen LogP contribution in [0.2, 0.25) is 0 Å². The quantitative estimate of drug-likeness (QED) is 0.552. The van der Waals surface area contributed by atoms with Crippen LogP contribution in [0.1, 0.15) is 5.69 Å². The van der Waals surface area contributed by atoms with Crippen LogP contribution in [0.15, 0.2) is 22.1 Å². The largest absolute Gasteiger partial charge is 0.496 e. The molecule has 1 aliphatic heterocycles. The summed E-state index contributed by atoms with van der Waals surface area (Å²) in [6.45, 7) is 0. The second kappa shape index (κ2) is 5.51. The minimum absolute atomic E-state index is 0.120. The van der Waals surface area contributed by atoms with E-state index in [-0.39, 0.29) is 5.75 Å². The monoisotopic (exact) mass is 297 g/mol. The Hall–Kier alpha value is -2.06. The van der Waals surface area contributed by atoms with Gasteiger partial charge in [0.05, 0.1) is 22.6 Å². The molecular formula is C12H15N3O4S. The van der Waals surface area contributed by atoms with Gasteiger partial charge in [-0.15, -0.1) is 0 Å². The molecule has 1 aromatic heterocycles. The lowest BCUT2D eigenvalue weighted by atomic mass is 10.3. The van der Waals surface area contributed by atoms with Crippen LogP contribution in [0, 0.1) is 0 Å². The van der Waals surface area contributed by atoms with Crippen molar-refractivity contribution >= 4 is 28.8 Å². The van der Waals surface area contributed by atoms with Crippen molar-refractivity contribution < 1.29 is 19.4 Å². The highest BCUT2D eigenvalue weighted by Crippen LogP contribution is 2.55. The minimum Gasteiger partial charge on any atom is -0.496 e. The zero-order valence-electron chi connectivity index (χ0n) is 10.7. The second-order valence-corrected chi connectivity index (χ2v) is 6.35. The maximum absolute atomic E-state index is 11.5. The van der Waals surface area contributed by atoms with Gasteiger partial charge in [0.2, 0.25) is 0 Å². The van der Waals surface area contributed by atoms with E-state index in [4.69, 9.17) is 21.3 Å². The van der Waals surface area contributed by atoms with Crippen LogP contribution in [0.3, 0.4) is 0 Å². The molecule has 8 heteroatoms. The van der Waals surface area contributed by atoms with Crippen LogP contribution in [-0.2, 0) is 9.59 Å². The Morgan fingerprint density at radius 2 is 2.25 bits per heavy atom. The number of nitrogens with zero attached hydrogens (tertiary/aromatic N) is 1. The number of fused-ring (bicyclic) bond motifs is 1. The molecular weight excluding hydrogens is 282 g/mol. The average Bonchev–Trinajstić information content (AvgIpc) is 2.77. The number of amides is 1. The number of primary amides is 1. The molecule has 0 bridgehead atoms. The summed E-state index contributed by atoms with van der Waals surface area (Å²) in [5, 5.41) is 8.94. The Labute approximate surface area is 118 Å². The lowest BCUT2D eigenvalue weighted by molar-refractivity contribution is -0.137. The second-order valence-electron chi connectivity index (χ2n) is 4.20. The van der Waals surface area contributed by atoms with Crippen molar-refractivity contribution in [2.24, 2.45) is 11.5 Å². The van der Waals surface area contributed by atoms with E-state index < -0.39 is 28.8 Å². The molecule has 0 aromatic carbocycles. The maximum atomic E-state index is 11.5. The third-order valence-electron chi connectivity index (χ3n) is 2.92. The maximum Gasteiger partial charge on any atom is 0.321 e. The first-order valence-corrected chi connectivity index (χ1v) is 7.28. The summed E-state index contributed by atoms with van der Waals surface area (Å²) in [4.78, 5) is 27.7. The topological polar surface area (TPSA) is 129 Å². The third-order valence-corrected chi connectivity index (χ3v) is 5.60. The molecule has 2 atom stereocenters. The highest BCUT2D eigenvalue weighted by atomic mass is 32.2. The van der Waals surface area contributed by atoms with Crippen molar-refractivity contribution in [3.8, 4) is 5.75 Å². The van der Waals surface area contributed by atoms with E-state index in [1.54, 1.807) is 18.3 Å². The predicted octanol–water partition coefficient (Wildman–Crippen LogP) is -0.298. The average molecular weight is 297 g/mol. The van der Waals surface area contributed by atoms with Gasteiger partial charge in [-0.2, -0.15) is 10.9 Å². The van der Waals surface area contributed by atoms with Crippen LogP contribution in [0.4, 0.5) is 0 Å². The predicted molar refractivity (Wildman–Crippen MR) is 75.7 cm³/mol. The van der Waals surface area contributed by atoms with Crippen molar-refractivity contribution in [1.29, 1.82) is 0 Å². The molecule has 20 heavy (non-hydrogen) atoms. The van der Waals surface area contributed by atoms with Crippen LogP contribution in [0.5, 0.6) is 5.75 Å². The van der Waals surface area contributed by atoms with Gasteiger partial charge in [-0.25, -0.2) is 0 Å². The summed E-state index contributed by atoms with van der Waals surface area (Å²) in [7, 11) is 0.233. The molecule has 0 spiro atoms. The van der Waals surface area contributed by atoms with E-state index >= 15 is 0 Å². The van der Waals surface area contributed by atoms with Gasteiger partial charge in [0, 0.05) is 11.9 Å². The van der Waals surface area contributed by atoms with Crippen LogP contribution in [-0.4, -0.2) is 40.9 Å². The Morgan fingerprint density at radius 3 is 2.80 bits per heavy atom. The molecule has 1 aromatic rings. The molecule has 0 fully saturated rings. The first-order chi connectivity index (χ1) is 9.45. The SMILES string of the molecule is COc1ccnc2c1[SH](C[C@H](N)C(=O)O)C(C(N)=O)=C2. The van der Waals surface area contributed by atoms with E-state index in [2.05, 4.69) is 4.98 Å². The summed E-state index contributed by atoms with van der Waals surface area (Å²) < 4.78 is 5.26. The standard InChI is InChI=1S/C12H15N3O4S/c1-19-8-2-3-15-7-4-9(11(14)16)20(10(7)8)5-6(13)12(17)18/h2-4,6,20H,5,13H2,1H3,(H2,14,16)(H,17,18)/t6-/m0/s1. The number of nitrogens with two attached hydrogens (primary N) is 2. The fraction of sp³-hybridized carbons (Fsp3) is 0.250. The van der Waals surface area contributed by atoms with Crippen molar-refractivity contribution in [3.05, 3.63) is 22.9 Å². The molecule has 108 valence electrons. The van der Waals surface area contributed by atoms with Crippen LogP contribution >= 0.6 is 10.9 Å². The molecule has 1 unspecified atom stereocenters. The van der Waals surface area contributed by atoms with Crippen molar-refractivity contribution in [1.82, 2.24) is 4.98 Å². The molecule has 1 amide bonds. The number of carbonyl (C=O) groups excluding carboxylic acids is 1. The minimum atomic E-state index is -1.27. The molecule has 2 rings (SSSR count). The van der Waals surface area contributed by atoms with Gasteiger partial charge < -0.3 is 21.3 Å². The number of ether oxygens (including phenoxy) is 1. The van der Waals surface area contributed by atoms with Gasteiger partial charge in [-0.3, -0.25) is 14.6 Å². The molecule has 0 aliphatic carbocycles. The van der Waals surface area contributed by atoms with Crippen molar-refractivity contribution in [2.75, 3.05) is 12.9 Å². The molecule has 0 saturated heterocycles. The van der Waals surface area contributed by atoms with E-state index in [0.717, 1.165) is 4.90 Å². The number of aromatic nitrogens is 1. The lowest BCUT2D eigenvalue weighted by Gasteiger charge is -2.22. The highest BCUT2D eigenvalue weighted by Gasteiger charge is 2.32. The van der Waals surface area contributed by atoms with E-state index in [1.165, 1.54) is 7.11 Å². The third kappa shape index (κ3) is 2.47. The summed E-state index contributed by atoms with van der Waals surface area (Å²) in [5.74, 6) is -1.03. The Kier molecular flexibility index (Phi) is 3.96. The molecule has 7 nitrogen and oxygen atoms in total. The molecule has 1 aliphatic rings. The van der Waals surface area contributed by atoms with Crippen LogP contribution < -0.4 is 16.2 Å². The zero-order valence-corrected chi connectivity index (χ0v) is 11.6. The van der Waals surface area contributed by atoms with Gasteiger partial charge in [-0.1, -0.05) is 0 Å². The fourth-order valence-corrected chi connectivity index (χ4v) is 4.53. The highest BCUT2D eigenvalue weighted by molar-refractivity contribution is 8.21. The first kappa shape index (κ1) is 14.4. The molecule has 5 N–H and O–H groups in total. The summed E-state index contributed by atoms with van der Waals surface area (Å²) in [6, 6.07) is 0.595. The molecule has 0 radical (unpaired) electrons. The molecule has 0 saturated carbocycles. The number of carboxylic acid groups (broad SMARTS) is 1. The number of thiol groups is 1. The van der Waals surface area contributed by atoms with Gasteiger partial charge in [0.25, 0.3) is 5.91 Å². The number of carbonyl (C=O) groups is 2. The summed E-state index contributed by atoms with van der Waals surface area (Å²) in [6.07, 6.45) is 3.14. The van der Waals surface area contributed by atoms with Crippen LogP contribution in [0.25, 0.3) is 6.08 Å². The number of carboxylic acids is 1. The number of pyridine rings is 1. The number of hydrogen-bond donors (Lipinski definition) is 4. The number of rotatable bonds is 5. The first-order valence-electron chi connectivity index (χ1n) is 5.76. The Bertz CT molecular complexity index is 602. The van der Waals surface area contributed by atoms with E-state index in [1.807, 2.05) is 0 Å².